The van der Waals surface area contributed by atoms with Crippen LogP contribution in [0.2, 0.25) is 0 Å². The average Bonchev–Trinajstić information content (AvgIpc) is 3.36. The number of carbonyl (C=O) groups is 1. The number of aryl methyl sites for hydroxylation is 1. The fourth-order valence-electron chi connectivity index (χ4n) is 2.98. The summed E-state index contributed by atoms with van der Waals surface area (Å²) >= 11 is 1.37. The molecule has 0 aliphatic heterocycles. The first-order valence-electron chi connectivity index (χ1n) is 8.58. The smallest absolute Gasteiger partial charge is 0.200 e. The van der Waals surface area contributed by atoms with E-state index in [9.17, 15) is 4.79 Å². The molecule has 0 N–H and O–H groups in total. The predicted octanol–water partition coefficient (Wildman–Crippen LogP) is 4.30. The van der Waals surface area contributed by atoms with Crippen molar-refractivity contribution >= 4 is 17.5 Å². The van der Waals surface area contributed by atoms with Crippen molar-refractivity contribution < 1.29 is 9.21 Å². The van der Waals surface area contributed by atoms with Crippen molar-refractivity contribution in [2.24, 2.45) is 0 Å². The minimum atomic E-state index is 0.0658. The van der Waals surface area contributed by atoms with Crippen LogP contribution in [0.25, 0.3) is 11.6 Å². The van der Waals surface area contributed by atoms with Gasteiger partial charge in [-0.1, -0.05) is 23.9 Å². The quantitative estimate of drug-likeness (QED) is 0.313. The number of hydrogen-bond acceptors (Lipinski definition) is 5. The maximum atomic E-state index is 12.8. The molecule has 0 spiro atoms. The highest BCUT2D eigenvalue weighted by Crippen LogP contribution is 2.26. The molecule has 3 aromatic heterocycles. The molecule has 3 rings (SSSR count). The number of Topliss-reactive ketones (excluding diaryl/α,β-unsaturated/α-hetero) is 1. The standard InChI is InChI=1S/C20H22N4O2S/c1-5-9-23-14(3)12-16(15(23)4)17(25)13-27-20-22-21-19(24(20)10-6-2)18-8-7-11-26-18/h5-8,11-12H,1-2,9-10,13H2,3-4H3. The Balaban J connectivity index is 1.79. The van der Waals surface area contributed by atoms with E-state index >= 15 is 0 Å². The molecular weight excluding hydrogens is 360 g/mol. The number of thioether (sulfide) groups is 1. The van der Waals surface area contributed by atoms with Gasteiger partial charge < -0.3 is 8.98 Å². The normalized spacial score (nSPS) is 10.9. The predicted molar refractivity (Wildman–Crippen MR) is 107 cm³/mol. The first-order chi connectivity index (χ1) is 13.1. The van der Waals surface area contributed by atoms with Crippen LogP contribution in [0.1, 0.15) is 21.7 Å². The second kappa shape index (κ2) is 8.26. The molecule has 0 radical (unpaired) electrons. The molecule has 27 heavy (non-hydrogen) atoms. The Morgan fingerprint density at radius 2 is 1.96 bits per heavy atom. The average molecular weight is 382 g/mol. The van der Waals surface area contributed by atoms with Gasteiger partial charge in [-0.05, 0) is 32.0 Å². The van der Waals surface area contributed by atoms with Gasteiger partial charge in [0.05, 0.1) is 12.0 Å². The molecule has 0 amide bonds. The number of carbonyl (C=O) groups excluding carboxylic acids is 1. The van der Waals surface area contributed by atoms with E-state index in [2.05, 4.69) is 27.9 Å². The van der Waals surface area contributed by atoms with Crippen molar-refractivity contribution in [2.75, 3.05) is 5.75 Å². The topological polar surface area (TPSA) is 65.8 Å². The van der Waals surface area contributed by atoms with Crippen LogP contribution in [0.3, 0.4) is 0 Å². The zero-order valence-corrected chi connectivity index (χ0v) is 16.3. The molecule has 0 saturated carbocycles. The molecule has 0 aromatic carbocycles. The van der Waals surface area contributed by atoms with Crippen molar-refractivity contribution in [3.8, 4) is 11.6 Å². The third-order valence-electron chi connectivity index (χ3n) is 4.29. The highest BCUT2D eigenvalue weighted by Gasteiger charge is 2.19. The molecule has 6 nitrogen and oxygen atoms in total. The zero-order chi connectivity index (χ0) is 19.4. The number of aromatic nitrogens is 4. The van der Waals surface area contributed by atoms with E-state index in [4.69, 9.17) is 4.42 Å². The second-order valence-corrected chi connectivity index (χ2v) is 7.02. The lowest BCUT2D eigenvalue weighted by atomic mass is 10.2. The Morgan fingerprint density at radius 3 is 2.63 bits per heavy atom. The van der Waals surface area contributed by atoms with Gasteiger partial charge in [0.2, 0.25) is 5.82 Å². The summed E-state index contributed by atoms with van der Waals surface area (Å²) in [4.78, 5) is 12.8. The van der Waals surface area contributed by atoms with Crippen LogP contribution in [0.5, 0.6) is 0 Å². The fraction of sp³-hybridized carbons (Fsp3) is 0.250. The van der Waals surface area contributed by atoms with E-state index in [1.165, 1.54) is 11.8 Å². The monoisotopic (exact) mass is 382 g/mol. The van der Waals surface area contributed by atoms with E-state index < -0.39 is 0 Å². The lowest BCUT2D eigenvalue weighted by molar-refractivity contribution is 0.102. The van der Waals surface area contributed by atoms with Gasteiger partial charge in [-0.25, -0.2) is 0 Å². The van der Waals surface area contributed by atoms with Gasteiger partial charge in [0.15, 0.2) is 16.7 Å². The summed E-state index contributed by atoms with van der Waals surface area (Å²) in [5.41, 5.74) is 2.75. The summed E-state index contributed by atoms with van der Waals surface area (Å²) in [5, 5.41) is 9.10. The van der Waals surface area contributed by atoms with Crippen LogP contribution < -0.4 is 0 Å². The first kappa shape index (κ1) is 19.0. The molecule has 0 fully saturated rings. The maximum absolute atomic E-state index is 12.8. The molecule has 0 saturated heterocycles. The van der Waals surface area contributed by atoms with E-state index in [1.807, 2.05) is 36.6 Å². The van der Waals surface area contributed by atoms with Gasteiger partial charge in [0, 0.05) is 30.0 Å². The largest absolute Gasteiger partial charge is 0.461 e. The molecule has 0 unspecified atom stereocenters. The van der Waals surface area contributed by atoms with Gasteiger partial charge in [-0.15, -0.1) is 23.4 Å². The SMILES string of the molecule is C=CCn1c(SCC(=O)c2cc(C)n(CC=C)c2C)nnc1-c1ccco1. The molecule has 3 aromatic rings. The van der Waals surface area contributed by atoms with Crippen LogP contribution in [0.15, 0.2) is 59.3 Å². The van der Waals surface area contributed by atoms with Crippen molar-refractivity contribution in [2.45, 2.75) is 32.1 Å². The van der Waals surface area contributed by atoms with Crippen LogP contribution >= 0.6 is 11.8 Å². The van der Waals surface area contributed by atoms with Crippen LogP contribution in [-0.4, -0.2) is 30.9 Å². The molecule has 0 bridgehead atoms. The Hall–Kier alpha value is -2.80. The molecule has 0 aliphatic rings. The Labute approximate surface area is 162 Å². The number of nitrogens with zero attached hydrogens (tertiary/aromatic N) is 4. The second-order valence-electron chi connectivity index (χ2n) is 6.08. The summed E-state index contributed by atoms with van der Waals surface area (Å²) in [7, 11) is 0. The third-order valence-corrected chi connectivity index (χ3v) is 5.25. The minimum Gasteiger partial charge on any atom is -0.461 e. The number of furan rings is 1. The van der Waals surface area contributed by atoms with E-state index in [1.54, 1.807) is 18.4 Å². The van der Waals surface area contributed by atoms with Crippen molar-refractivity contribution in [3.63, 3.8) is 0 Å². The van der Waals surface area contributed by atoms with Crippen molar-refractivity contribution in [1.29, 1.82) is 0 Å². The Morgan fingerprint density at radius 1 is 1.22 bits per heavy atom. The van der Waals surface area contributed by atoms with Crippen LogP contribution in [-0.2, 0) is 13.1 Å². The molecule has 7 heteroatoms. The van der Waals surface area contributed by atoms with Gasteiger partial charge in [-0.2, -0.15) is 0 Å². The van der Waals surface area contributed by atoms with Gasteiger partial charge in [0.1, 0.15) is 0 Å². The maximum Gasteiger partial charge on any atom is 0.200 e. The van der Waals surface area contributed by atoms with Gasteiger partial charge >= 0.3 is 0 Å². The van der Waals surface area contributed by atoms with E-state index in [0.717, 1.165) is 17.0 Å². The number of hydrogen-bond donors (Lipinski definition) is 0. The molecule has 0 atom stereocenters. The number of rotatable bonds is 9. The van der Waals surface area contributed by atoms with Gasteiger partial charge in [0.25, 0.3) is 0 Å². The van der Waals surface area contributed by atoms with Crippen molar-refractivity contribution in [1.82, 2.24) is 19.3 Å². The lowest BCUT2D eigenvalue weighted by Gasteiger charge is -2.07. The Kier molecular flexibility index (Phi) is 5.81. The summed E-state index contributed by atoms with van der Waals surface area (Å²) in [5.74, 6) is 1.61. The highest BCUT2D eigenvalue weighted by molar-refractivity contribution is 7.99. The van der Waals surface area contributed by atoms with E-state index in [0.29, 0.717) is 29.8 Å². The molecule has 140 valence electrons. The summed E-state index contributed by atoms with van der Waals surface area (Å²) < 4.78 is 9.40. The highest BCUT2D eigenvalue weighted by atomic mass is 32.2. The van der Waals surface area contributed by atoms with Crippen LogP contribution in [0.4, 0.5) is 0 Å². The van der Waals surface area contributed by atoms with Gasteiger partial charge in [-0.3, -0.25) is 9.36 Å². The molecule has 3 heterocycles. The lowest BCUT2D eigenvalue weighted by Crippen LogP contribution is -2.07. The summed E-state index contributed by atoms with van der Waals surface area (Å²) in [6.07, 6.45) is 5.19. The fourth-order valence-corrected chi connectivity index (χ4v) is 3.81. The minimum absolute atomic E-state index is 0.0658. The van der Waals surface area contributed by atoms with Crippen LogP contribution in [0, 0.1) is 13.8 Å². The zero-order valence-electron chi connectivity index (χ0n) is 15.5. The number of ketones is 1. The van der Waals surface area contributed by atoms with E-state index in [-0.39, 0.29) is 11.5 Å². The number of allylic oxidation sites excluding steroid dienone is 2. The summed E-state index contributed by atoms with van der Waals surface area (Å²) in [6.45, 7) is 12.8. The molecule has 0 aliphatic carbocycles. The first-order valence-corrected chi connectivity index (χ1v) is 9.57. The Bertz CT molecular complexity index is 967. The third kappa shape index (κ3) is 3.83. The van der Waals surface area contributed by atoms with Crippen molar-refractivity contribution in [3.05, 3.63) is 66.7 Å². The molecular formula is C20H22N4O2S. The summed E-state index contributed by atoms with van der Waals surface area (Å²) in [6, 6.07) is 5.57.